The lowest BCUT2D eigenvalue weighted by atomic mass is 10.1. The molecule has 0 amide bonds. The number of carboxylic acids is 1. The predicted octanol–water partition coefficient (Wildman–Crippen LogP) is 2.01. The zero-order valence-corrected chi connectivity index (χ0v) is 11.1. The smallest absolute Gasteiger partial charge is 0.325 e. The van der Waals surface area contributed by atoms with Gasteiger partial charge in [-0.1, -0.05) is 30.3 Å². The summed E-state index contributed by atoms with van der Waals surface area (Å²) in [7, 11) is 0. The van der Waals surface area contributed by atoms with Crippen LogP contribution < -0.4 is 5.32 Å². The van der Waals surface area contributed by atoms with Crippen molar-refractivity contribution in [1.29, 1.82) is 0 Å². The zero-order valence-electron chi connectivity index (χ0n) is 11.1. The summed E-state index contributed by atoms with van der Waals surface area (Å²) in [5, 5.41) is 21.9. The first kappa shape index (κ1) is 14.0. The summed E-state index contributed by atoms with van der Waals surface area (Å²) in [5.74, 6) is -0.913. The summed E-state index contributed by atoms with van der Waals surface area (Å²) >= 11 is 0. The zero-order chi connectivity index (χ0) is 14.5. The molecule has 20 heavy (non-hydrogen) atoms. The van der Waals surface area contributed by atoms with E-state index >= 15 is 0 Å². The molecule has 3 N–H and O–H groups in total. The standard InChI is InChI=1S/C15H16N2O3/c1-10-7-8-13(18)12(17-10)9-16-14(15(19)20)11-5-3-2-4-6-11/h2-8,14,16,18H,9H2,1H3,(H,19,20). The number of benzene rings is 1. The van der Waals surface area contributed by atoms with Crippen LogP contribution in [0.3, 0.4) is 0 Å². The summed E-state index contributed by atoms with van der Waals surface area (Å²) in [6, 6.07) is 11.3. The monoisotopic (exact) mass is 272 g/mol. The van der Waals surface area contributed by atoms with E-state index in [0.717, 1.165) is 5.69 Å². The van der Waals surface area contributed by atoms with Crippen molar-refractivity contribution >= 4 is 5.97 Å². The molecule has 104 valence electrons. The van der Waals surface area contributed by atoms with Gasteiger partial charge in [-0.3, -0.25) is 15.1 Å². The van der Waals surface area contributed by atoms with Crippen LogP contribution in [0.25, 0.3) is 0 Å². The van der Waals surface area contributed by atoms with Gasteiger partial charge in [-0.25, -0.2) is 0 Å². The molecule has 0 saturated carbocycles. The Morgan fingerprint density at radius 2 is 1.95 bits per heavy atom. The molecule has 0 fully saturated rings. The molecule has 1 aromatic heterocycles. The first-order chi connectivity index (χ1) is 9.58. The van der Waals surface area contributed by atoms with Crippen molar-refractivity contribution in [3.8, 4) is 5.75 Å². The average molecular weight is 272 g/mol. The molecule has 0 radical (unpaired) electrons. The van der Waals surface area contributed by atoms with Gasteiger partial charge in [0.1, 0.15) is 11.8 Å². The maximum Gasteiger partial charge on any atom is 0.325 e. The van der Waals surface area contributed by atoms with E-state index in [4.69, 9.17) is 0 Å². The Balaban J connectivity index is 2.14. The molecule has 2 aromatic rings. The van der Waals surface area contributed by atoms with E-state index < -0.39 is 12.0 Å². The second-order valence-electron chi connectivity index (χ2n) is 4.48. The summed E-state index contributed by atoms with van der Waals surface area (Å²) in [5.41, 5.74) is 1.87. The predicted molar refractivity (Wildman–Crippen MR) is 74.3 cm³/mol. The Bertz CT molecular complexity index is 599. The molecule has 5 heteroatoms. The Kier molecular flexibility index (Phi) is 4.32. The number of hydrogen-bond donors (Lipinski definition) is 3. The molecule has 5 nitrogen and oxygen atoms in total. The van der Waals surface area contributed by atoms with Gasteiger partial charge < -0.3 is 10.2 Å². The number of carboxylic acid groups (broad SMARTS) is 1. The Hall–Kier alpha value is -2.40. The number of nitrogens with one attached hydrogen (secondary N) is 1. The van der Waals surface area contributed by atoms with Crippen molar-refractivity contribution < 1.29 is 15.0 Å². The number of aromatic hydroxyl groups is 1. The lowest BCUT2D eigenvalue weighted by molar-refractivity contribution is -0.139. The fourth-order valence-electron chi connectivity index (χ4n) is 1.93. The molecule has 1 unspecified atom stereocenters. The third kappa shape index (κ3) is 3.33. The molecule has 2 rings (SSSR count). The minimum Gasteiger partial charge on any atom is -0.506 e. The molecule has 0 saturated heterocycles. The van der Waals surface area contributed by atoms with Crippen LogP contribution in [0, 0.1) is 6.92 Å². The van der Waals surface area contributed by atoms with E-state index in [-0.39, 0.29) is 12.3 Å². The minimum atomic E-state index is -0.969. The lowest BCUT2D eigenvalue weighted by Crippen LogP contribution is -2.28. The molecular weight excluding hydrogens is 256 g/mol. The SMILES string of the molecule is Cc1ccc(O)c(CNC(C(=O)O)c2ccccc2)n1. The van der Waals surface area contributed by atoms with Crippen LogP contribution in [0.4, 0.5) is 0 Å². The summed E-state index contributed by atoms with van der Waals surface area (Å²) < 4.78 is 0. The van der Waals surface area contributed by atoms with Crippen molar-refractivity contribution in [2.24, 2.45) is 0 Å². The Morgan fingerprint density at radius 1 is 1.25 bits per heavy atom. The molecule has 1 heterocycles. The fraction of sp³-hybridized carbons (Fsp3) is 0.200. The molecule has 0 bridgehead atoms. The third-order valence-electron chi connectivity index (χ3n) is 2.94. The van der Waals surface area contributed by atoms with Crippen LogP contribution in [0.5, 0.6) is 5.75 Å². The van der Waals surface area contributed by atoms with Crippen molar-refractivity contribution in [1.82, 2.24) is 10.3 Å². The van der Waals surface area contributed by atoms with E-state index in [2.05, 4.69) is 10.3 Å². The second-order valence-corrected chi connectivity index (χ2v) is 4.48. The number of hydrogen-bond acceptors (Lipinski definition) is 4. The van der Waals surface area contributed by atoms with Crippen LogP contribution in [0.15, 0.2) is 42.5 Å². The van der Waals surface area contributed by atoms with Gasteiger partial charge >= 0.3 is 5.97 Å². The van der Waals surface area contributed by atoms with E-state index in [1.165, 1.54) is 0 Å². The quantitative estimate of drug-likeness (QED) is 0.775. The van der Waals surface area contributed by atoms with E-state index in [1.54, 1.807) is 36.4 Å². The highest BCUT2D eigenvalue weighted by Gasteiger charge is 2.19. The first-order valence-corrected chi connectivity index (χ1v) is 6.24. The number of carbonyl (C=O) groups is 1. The molecule has 1 atom stereocenters. The van der Waals surface area contributed by atoms with Gasteiger partial charge in [-0.05, 0) is 24.6 Å². The van der Waals surface area contributed by atoms with Crippen LogP contribution >= 0.6 is 0 Å². The second kappa shape index (κ2) is 6.16. The van der Waals surface area contributed by atoms with Crippen LogP contribution in [-0.2, 0) is 11.3 Å². The highest BCUT2D eigenvalue weighted by Crippen LogP contribution is 2.17. The molecule has 0 aliphatic heterocycles. The maximum atomic E-state index is 11.3. The maximum absolute atomic E-state index is 11.3. The normalized spacial score (nSPS) is 12.1. The van der Waals surface area contributed by atoms with Gasteiger partial charge in [-0.15, -0.1) is 0 Å². The largest absolute Gasteiger partial charge is 0.506 e. The third-order valence-corrected chi connectivity index (χ3v) is 2.94. The highest BCUT2D eigenvalue weighted by atomic mass is 16.4. The van der Waals surface area contributed by atoms with Crippen LogP contribution in [-0.4, -0.2) is 21.2 Å². The van der Waals surface area contributed by atoms with Gasteiger partial charge in [-0.2, -0.15) is 0 Å². The van der Waals surface area contributed by atoms with Gasteiger partial charge in [0, 0.05) is 12.2 Å². The van der Waals surface area contributed by atoms with Crippen LogP contribution in [0.1, 0.15) is 23.0 Å². The number of aromatic nitrogens is 1. The van der Waals surface area contributed by atoms with Gasteiger partial charge in [0.25, 0.3) is 0 Å². The number of aryl methyl sites for hydroxylation is 1. The number of aliphatic carboxylic acids is 1. The summed E-state index contributed by atoms with van der Waals surface area (Å²) in [4.78, 5) is 15.5. The van der Waals surface area contributed by atoms with E-state index in [1.807, 2.05) is 13.0 Å². The van der Waals surface area contributed by atoms with Crippen LogP contribution in [0.2, 0.25) is 0 Å². The fourth-order valence-corrected chi connectivity index (χ4v) is 1.93. The Morgan fingerprint density at radius 3 is 2.60 bits per heavy atom. The summed E-state index contributed by atoms with van der Waals surface area (Å²) in [6.07, 6.45) is 0. The number of nitrogens with zero attached hydrogens (tertiary/aromatic N) is 1. The highest BCUT2D eigenvalue weighted by molar-refractivity contribution is 5.75. The van der Waals surface area contributed by atoms with E-state index in [9.17, 15) is 15.0 Å². The van der Waals surface area contributed by atoms with Crippen molar-refractivity contribution in [2.75, 3.05) is 0 Å². The van der Waals surface area contributed by atoms with Gasteiger partial charge in [0.2, 0.25) is 0 Å². The molecule has 0 aliphatic rings. The first-order valence-electron chi connectivity index (χ1n) is 6.24. The molecule has 0 aliphatic carbocycles. The van der Waals surface area contributed by atoms with Crippen molar-refractivity contribution in [2.45, 2.75) is 19.5 Å². The van der Waals surface area contributed by atoms with Crippen molar-refractivity contribution in [3.63, 3.8) is 0 Å². The number of pyridine rings is 1. The van der Waals surface area contributed by atoms with Gasteiger partial charge in [0.15, 0.2) is 0 Å². The number of rotatable bonds is 5. The average Bonchev–Trinajstić information content (AvgIpc) is 2.43. The molecule has 0 spiro atoms. The Labute approximate surface area is 116 Å². The topological polar surface area (TPSA) is 82.5 Å². The molecule has 1 aromatic carbocycles. The minimum absolute atomic E-state index is 0.0558. The summed E-state index contributed by atoms with van der Waals surface area (Å²) in [6.45, 7) is 1.99. The molecular formula is C15H16N2O3. The van der Waals surface area contributed by atoms with E-state index in [0.29, 0.717) is 11.3 Å². The van der Waals surface area contributed by atoms with Crippen molar-refractivity contribution in [3.05, 3.63) is 59.4 Å². The van der Waals surface area contributed by atoms with Gasteiger partial charge in [0.05, 0.1) is 5.69 Å². The lowest BCUT2D eigenvalue weighted by Gasteiger charge is -2.15.